The van der Waals surface area contributed by atoms with Crippen LogP contribution >= 0.6 is 11.6 Å². The smallest absolute Gasteiger partial charge is 0.221 e. The van der Waals surface area contributed by atoms with Crippen LogP contribution in [0.4, 0.5) is 0 Å². The molecule has 22 heavy (non-hydrogen) atoms. The molecule has 1 fully saturated rings. The second kappa shape index (κ2) is 9.86. The van der Waals surface area contributed by atoms with Crippen molar-refractivity contribution in [2.75, 3.05) is 13.1 Å². The first kappa shape index (κ1) is 17.3. The molecule has 0 atom stereocenters. The number of carbonyl (C=O) groups is 1. The number of hydrogen-bond acceptors (Lipinski definition) is 2. The lowest BCUT2D eigenvalue weighted by Gasteiger charge is -2.16. The van der Waals surface area contributed by atoms with Gasteiger partial charge in [0.2, 0.25) is 5.91 Å². The first-order valence-corrected chi connectivity index (χ1v) is 8.86. The normalized spacial score (nSPS) is 16.2. The minimum atomic E-state index is 0.183. The summed E-state index contributed by atoms with van der Waals surface area (Å²) in [4.78, 5) is 11.9. The van der Waals surface area contributed by atoms with Gasteiger partial charge in [0.1, 0.15) is 0 Å². The predicted octanol–water partition coefficient (Wildman–Crippen LogP) is 3.70. The predicted molar refractivity (Wildman–Crippen MR) is 92.3 cm³/mol. The zero-order valence-corrected chi connectivity index (χ0v) is 14.0. The highest BCUT2D eigenvalue weighted by molar-refractivity contribution is 6.30. The zero-order valence-electron chi connectivity index (χ0n) is 13.2. The summed E-state index contributed by atoms with van der Waals surface area (Å²) in [6, 6.07) is 8.32. The van der Waals surface area contributed by atoms with Crippen LogP contribution in [0.25, 0.3) is 0 Å². The summed E-state index contributed by atoms with van der Waals surface area (Å²) in [5.74, 6) is 0.183. The average molecular weight is 323 g/mol. The maximum absolute atomic E-state index is 11.9. The van der Waals surface area contributed by atoms with Crippen molar-refractivity contribution in [2.45, 2.75) is 57.4 Å². The molecule has 3 nitrogen and oxygen atoms in total. The zero-order chi connectivity index (χ0) is 15.6. The Balaban J connectivity index is 1.55. The van der Waals surface area contributed by atoms with Crippen LogP contribution in [0.3, 0.4) is 0 Å². The molecule has 1 amide bonds. The largest absolute Gasteiger partial charge is 0.353 e. The van der Waals surface area contributed by atoms with Gasteiger partial charge in [-0.15, -0.1) is 0 Å². The van der Waals surface area contributed by atoms with E-state index in [0.29, 0.717) is 12.5 Å². The third kappa shape index (κ3) is 6.80. The van der Waals surface area contributed by atoms with Gasteiger partial charge in [0, 0.05) is 24.0 Å². The first-order chi connectivity index (χ1) is 10.7. The monoisotopic (exact) mass is 322 g/mol. The second-order valence-corrected chi connectivity index (χ2v) is 6.57. The van der Waals surface area contributed by atoms with E-state index in [1.807, 2.05) is 18.2 Å². The standard InChI is InChI=1S/C18H27ClN2O/c19-16-7-5-6-15(14-16)10-12-20-13-11-18(22)21-17-8-3-1-2-4-9-17/h5-7,14,17,20H,1-4,8-13H2,(H,21,22). The van der Waals surface area contributed by atoms with E-state index in [1.165, 1.54) is 31.2 Å². The van der Waals surface area contributed by atoms with E-state index in [2.05, 4.69) is 16.7 Å². The molecule has 0 bridgehead atoms. The van der Waals surface area contributed by atoms with E-state index < -0.39 is 0 Å². The van der Waals surface area contributed by atoms with Crippen LogP contribution in [-0.2, 0) is 11.2 Å². The summed E-state index contributed by atoms with van der Waals surface area (Å²) in [6.07, 6.45) is 8.93. The molecule has 1 aromatic carbocycles. The highest BCUT2D eigenvalue weighted by Gasteiger charge is 2.14. The van der Waals surface area contributed by atoms with Crippen LogP contribution in [0.2, 0.25) is 5.02 Å². The Morgan fingerprint density at radius 1 is 1.14 bits per heavy atom. The van der Waals surface area contributed by atoms with Gasteiger partial charge < -0.3 is 10.6 Å². The second-order valence-electron chi connectivity index (χ2n) is 6.14. The van der Waals surface area contributed by atoms with Gasteiger partial charge in [0.05, 0.1) is 0 Å². The van der Waals surface area contributed by atoms with Crippen molar-refractivity contribution in [3.8, 4) is 0 Å². The number of carbonyl (C=O) groups excluding carboxylic acids is 1. The van der Waals surface area contributed by atoms with Crippen molar-refractivity contribution < 1.29 is 4.79 Å². The Kier molecular flexibility index (Phi) is 7.75. The molecule has 0 aromatic heterocycles. The fourth-order valence-electron chi connectivity index (χ4n) is 2.98. The topological polar surface area (TPSA) is 41.1 Å². The molecular weight excluding hydrogens is 296 g/mol. The molecule has 0 saturated heterocycles. The Hall–Kier alpha value is -1.06. The van der Waals surface area contributed by atoms with Gasteiger partial charge >= 0.3 is 0 Å². The third-order valence-electron chi connectivity index (χ3n) is 4.23. The summed E-state index contributed by atoms with van der Waals surface area (Å²) < 4.78 is 0. The van der Waals surface area contributed by atoms with E-state index in [1.54, 1.807) is 0 Å². The summed E-state index contributed by atoms with van der Waals surface area (Å²) in [6.45, 7) is 1.61. The number of halogens is 1. The van der Waals surface area contributed by atoms with Crippen molar-refractivity contribution in [1.29, 1.82) is 0 Å². The quantitative estimate of drug-likeness (QED) is 0.593. The van der Waals surface area contributed by atoms with Gasteiger partial charge in [0.25, 0.3) is 0 Å². The highest BCUT2D eigenvalue weighted by atomic mass is 35.5. The highest BCUT2D eigenvalue weighted by Crippen LogP contribution is 2.17. The molecule has 0 heterocycles. The number of rotatable bonds is 7. The molecule has 122 valence electrons. The van der Waals surface area contributed by atoms with Gasteiger partial charge in [-0.05, 0) is 43.5 Å². The van der Waals surface area contributed by atoms with E-state index in [0.717, 1.165) is 37.4 Å². The lowest BCUT2D eigenvalue weighted by Crippen LogP contribution is -2.36. The number of nitrogens with one attached hydrogen (secondary N) is 2. The molecule has 1 saturated carbocycles. The number of hydrogen-bond donors (Lipinski definition) is 2. The molecule has 0 aliphatic heterocycles. The number of benzene rings is 1. The van der Waals surface area contributed by atoms with Crippen molar-refractivity contribution in [3.63, 3.8) is 0 Å². The van der Waals surface area contributed by atoms with E-state index in [9.17, 15) is 4.79 Å². The van der Waals surface area contributed by atoms with E-state index in [-0.39, 0.29) is 5.91 Å². The Morgan fingerprint density at radius 3 is 2.64 bits per heavy atom. The van der Waals surface area contributed by atoms with Crippen molar-refractivity contribution >= 4 is 17.5 Å². The summed E-state index contributed by atoms with van der Waals surface area (Å²) in [7, 11) is 0. The summed E-state index contributed by atoms with van der Waals surface area (Å²) in [5.41, 5.74) is 1.22. The Labute approximate surface area is 138 Å². The van der Waals surface area contributed by atoms with Crippen molar-refractivity contribution in [1.82, 2.24) is 10.6 Å². The molecule has 2 rings (SSSR count). The average Bonchev–Trinajstić information content (AvgIpc) is 2.75. The van der Waals surface area contributed by atoms with E-state index >= 15 is 0 Å². The van der Waals surface area contributed by atoms with Gasteiger partial charge in [-0.25, -0.2) is 0 Å². The molecule has 4 heteroatoms. The summed E-state index contributed by atoms with van der Waals surface area (Å²) in [5, 5.41) is 7.29. The van der Waals surface area contributed by atoms with Crippen LogP contribution in [0, 0.1) is 0 Å². The molecule has 2 N–H and O–H groups in total. The van der Waals surface area contributed by atoms with Crippen molar-refractivity contribution in [3.05, 3.63) is 34.9 Å². The fourth-order valence-corrected chi connectivity index (χ4v) is 3.19. The van der Waals surface area contributed by atoms with Crippen molar-refractivity contribution in [2.24, 2.45) is 0 Å². The SMILES string of the molecule is O=C(CCNCCc1cccc(Cl)c1)NC1CCCCCC1. The Morgan fingerprint density at radius 2 is 1.91 bits per heavy atom. The molecule has 0 spiro atoms. The van der Waals surface area contributed by atoms with Gasteiger partial charge in [-0.1, -0.05) is 49.4 Å². The lowest BCUT2D eigenvalue weighted by atomic mass is 10.1. The molecule has 0 radical (unpaired) electrons. The molecule has 0 unspecified atom stereocenters. The number of amides is 1. The van der Waals surface area contributed by atoms with Crippen LogP contribution in [0.15, 0.2) is 24.3 Å². The van der Waals surface area contributed by atoms with Gasteiger partial charge in [0.15, 0.2) is 0 Å². The lowest BCUT2D eigenvalue weighted by molar-refractivity contribution is -0.121. The fraction of sp³-hybridized carbons (Fsp3) is 0.611. The Bertz CT molecular complexity index is 456. The molecular formula is C18H27ClN2O. The minimum absolute atomic E-state index is 0.183. The third-order valence-corrected chi connectivity index (χ3v) is 4.46. The van der Waals surface area contributed by atoms with Crippen LogP contribution in [-0.4, -0.2) is 25.0 Å². The van der Waals surface area contributed by atoms with Gasteiger partial charge in [-0.3, -0.25) is 4.79 Å². The van der Waals surface area contributed by atoms with Crippen LogP contribution in [0.5, 0.6) is 0 Å². The van der Waals surface area contributed by atoms with Crippen LogP contribution < -0.4 is 10.6 Å². The first-order valence-electron chi connectivity index (χ1n) is 8.48. The maximum Gasteiger partial charge on any atom is 0.221 e. The molecule has 1 aliphatic rings. The van der Waals surface area contributed by atoms with E-state index in [4.69, 9.17) is 11.6 Å². The minimum Gasteiger partial charge on any atom is -0.353 e. The molecule has 1 aromatic rings. The molecule has 1 aliphatic carbocycles. The van der Waals surface area contributed by atoms with Crippen LogP contribution in [0.1, 0.15) is 50.5 Å². The van der Waals surface area contributed by atoms with Gasteiger partial charge in [-0.2, -0.15) is 0 Å². The maximum atomic E-state index is 11.9. The summed E-state index contributed by atoms with van der Waals surface area (Å²) >= 11 is 5.96.